The van der Waals surface area contributed by atoms with Gasteiger partial charge in [0.2, 0.25) is 6.54 Å². The zero-order valence-corrected chi connectivity index (χ0v) is 19.1. The van der Waals surface area contributed by atoms with E-state index in [9.17, 15) is 14.9 Å². The molecule has 0 aliphatic heterocycles. The number of hydrogen-bond donors (Lipinski definition) is 0. The number of nitrogens with zero attached hydrogens (tertiary/aromatic N) is 2. The maximum absolute atomic E-state index is 13.3. The van der Waals surface area contributed by atoms with E-state index in [4.69, 9.17) is 9.73 Å². The zero-order valence-electron chi connectivity index (χ0n) is 18.3. The summed E-state index contributed by atoms with van der Waals surface area (Å²) in [6.45, 7) is 4.89. The van der Waals surface area contributed by atoms with Crippen LogP contribution in [0.1, 0.15) is 42.7 Å². The molecule has 2 aromatic carbocycles. The van der Waals surface area contributed by atoms with Crippen LogP contribution in [0, 0.1) is 10.1 Å². The molecule has 0 aliphatic rings. The van der Waals surface area contributed by atoms with Crippen LogP contribution in [0.4, 0.5) is 0 Å². The molecule has 1 unspecified atom stereocenters. The molecule has 0 radical (unpaired) electrons. The highest BCUT2D eigenvalue weighted by Crippen LogP contribution is 2.30. The van der Waals surface area contributed by atoms with E-state index in [2.05, 4.69) is 0 Å². The second-order valence-corrected chi connectivity index (χ2v) is 9.30. The quantitative estimate of drug-likeness (QED) is 0.200. The van der Waals surface area contributed by atoms with Crippen LogP contribution in [-0.2, 0) is 9.53 Å². The number of aliphatic imine (C=N–C) groups is 1. The summed E-state index contributed by atoms with van der Waals surface area (Å²) in [5.41, 5.74) is 1.47. The number of nitro groups is 1. The number of rotatable bonds is 8. The zero-order chi connectivity index (χ0) is 23.1. The van der Waals surface area contributed by atoms with Gasteiger partial charge in [-0.05, 0) is 32.2 Å². The van der Waals surface area contributed by atoms with Gasteiger partial charge in [-0.25, -0.2) is 4.79 Å². The summed E-state index contributed by atoms with van der Waals surface area (Å²) >= 11 is 1.37. The van der Waals surface area contributed by atoms with Crippen LogP contribution in [0.2, 0.25) is 0 Å². The highest BCUT2D eigenvalue weighted by molar-refractivity contribution is 7.10. The molecule has 1 heterocycles. The first-order chi connectivity index (χ1) is 15.2. The maximum Gasteiger partial charge on any atom is 0.332 e. The smallest absolute Gasteiger partial charge is 0.332 e. The molecule has 3 rings (SSSR count). The lowest BCUT2D eigenvalue weighted by Gasteiger charge is -2.26. The molecule has 6 nitrogen and oxygen atoms in total. The van der Waals surface area contributed by atoms with Crippen LogP contribution in [0.3, 0.4) is 0 Å². The number of ether oxygens (including phenoxy) is 1. The minimum Gasteiger partial charge on any atom is -0.458 e. The van der Waals surface area contributed by atoms with Gasteiger partial charge in [-0.15, -0.1) is 11.3 Å². The van der Waals surface area contributed by atoms with Gasteiger partial charge < -0.3 is 4.74 Å². The molecule has 0 spiro atoms. The summed E-state index contributed by atoms with van der Waals surface area (Å²) in [5.74, 6) is -1.33. The van der Waals surface area contributed by atoms with Crippen molar-refractivity contribution in [1.82, 2.24) is 0 Å². The van der Waals surface area contributed by atoms with Gasteiger partial charge in [0.25, 0.3) is 0 Å². The van der Waals surface area contributed by atoms with Gasteiger partial charge in [-0.3, -0.25) is 15.1 Å². The van der Waals surface area contributed by atoms with E-state index in [0.717, 1.165) is 16.0 Å². The van der Waals surface area contributed by atoms with Gasteiger partial charge in [0.05, 0.1) is 11.6 Å². The Morgan fingerprint density at radius 1 is 1.00 bits per heavy atom. The average molecular weight is 451 g/mol. The first-order valence-corrected chi connectivity index (χ1v) is 11.2. The van der Waals surface area contributed by atoms with Crippen molar-refractivity contribution in [3.8, 4) is 0 Å². The number of carbonyl (C=O) groups is 1. The van der Waals surface area contributed by atoms with Crippen LogP contribution in [0.15, 0.2) is 83.2 Å². The summed E-state index contributed by atoms with van der Waals surface area (Å²) in [6, 6.07) is 21.6. The third kappa shape index (κ3) is 6.34. The molecule has 0 saturated carbocycles. The highest BCUT2D eigenvalue weighted by atomic mass is 32.1. The Morgan fingerprint density at radius 2 is 1.56 bits per heavy atom. The Kier molecular flexibility index (Phi) is 7.53. The number of esters is 1. The summed E-state index contributed by atoms with van der Waals surface area (Å²) in [5, 5.41) is 13.4. The molecule has 166 valence electrons. The summed E-state index contributed by atoms with van der Waals surface area (Å²) in [7, 11) is 0. The Bertz CT molecular complexity index is 1020. The standard InChI is InChI=1S/C25H26N2O4S/c1-25(2,3)31-24(28)23(20(17-27(29)30)21-15-10-16-32-21)26-22(18-11-6-4-7-12-18)19-13-8-5-9-14-19/h4-16,20,23H,17H2,1-3H3/t20?,23-/m0/s1. The second-order valence-electron chi connectivity index (χ2n) is 8.33. The van der Waals surface area contributed by atoms with Crippen LogP contribution in [0.5, 0.6) is 0 Å². The molecule has 0 bridgehead atoms. The Labute approximate surface area is 191 Å². The first-order valence-electron chi connectivity index (χ1n) is 10.3. The fraction of sp³-hybridized carbons (Fsp3) is 0.280. The molecule has 1 aromatic heterocycles. The van der Waals surface area contributed by atoms with Crippen molar-refractivity contribution in [2.24, 2.45) is 4.99 Å². The Hall–Kier alpha value is -3.32. The lowest BCUT2D eigenvalue weighted by molar-refractivity contribution is -0.483. The highest BCUT2D eigenvalue weighted by Gasteiger charge is 2.37. The summed E-state index contributed by atoms with van der Waals surface area (Å²) in [6.07, 6.45) is 0. The van der Waals surface area contributed by atoms with E-state index in [1.54, 1.807) is 26.8 Å². The predicted octanol–water partition coefficient (Wildman–Crippen LogP) is 5.36. The number of benzene rings is 2. The molecule has 7 heteroatoms. The molecule has 0 fully saturated rings. The Balaban J connectivity index is 2.18. The van der Waals surface area contributed by atoms with Crippen molar-refractivity contribution >= 4 is 23.0 Å². The van der Waals surface area contributed by atoms with Crippen molar-refractivity contribution in [3.63, 3.8) is 0 Å². The summed E-state index contributed by atoms with van der Waals surface area (Å²) in [4.78, 5) is 30.1. The van der Waals surface area contributed by atoms with Gasteiger partial charge in [0.1, 0.15) is 5.60 Å². The van der Waals surface area contributed by atoms with E-state index in [1.807, 2.05) is 72.1 Å². The van der Waals surface area contributed by atoms with Crippen LogP contribution < -0.4 is 0 Å². The van der Waals surface area contributed by atoms with Crippen LogP contribution in [0.25, 0.3) is 0 Å². The van der Waals surface area contributed by atoms with Crippen molar-refractivity contribution in [2.75, 3.05) is 6.54 Å². The SMILES string of the molecule is CC(C)(C)OC(=O)[C@@H](N=C(c1ccccc1)c1ccccc1)C(C[N+](=O)[O-])c1cccs1. The Morgan fingerprint density at radius 3 is 2.00 bits per heavy atom. The molecule has 0 N–H and O–H groups in total. The predicted molar refractivity (Wildman–Crippen MR) is 127 cm³/mol. The third-order valence-electron chi connectivity index (χ3n) is 4.65. The lowest BCUT2D eigenvalue weighted by Crippen LogP contribution is -2.37. The first kappa shape index (κ1) is 23.3. The van der Waals surface area contributed by atoms with E-state index >= 15 is 0 Å². The largest absolute Gasteiger partial charge is 0.458 e. The van der Waals surface area contributed by atoms with Gasteiger partial charge >= 0.3 is 5.97 Å². The molecule has 0 aliphatic carbocycles. The van der Waals surface area contributed by atoms with Gasteiger partial charge in [-0.1, -0.05) is 66.7 Å². The molecule has 3 aromatic rings. The minimum atomic E-state index is -1.08. The minimum absolute atomic E-state index is 0.401. The topological polar surface area (TPSA) is 81.8 Å². The molecule has 0 amide bonds. The lowest BCUT2D eigenvalue weighted by atomic mass is 9.96. The van der Waals surface area contributed by atoms with E-state index in [-0.39, 0.29) is 0 Å². The van der Waals surface area contributed by atoms with Crippen LogP contribution in [-0.4, -0.2) is 34.8 Å². The maximum atomic E-state index is 13.3. The average Bonchev–Trinajstić information content (AvgIpc) is 3.28. The number of thiophene rings is 1. The van der Waals surface area contributed by atoms with Crippen LogP contribution >= 0.6 is 11.3 Å². The normalized spacial score (nSPS) is 13.1. The molecular formula is C25H26N2O4S. The summed E-state index contributed by atoms with van der Waals surface area (Å²) < 4.78 is 5.67. The monoisotopic (exact) mass is 450 g/mol. The van der Waals surface area contributed by atoms with E-state index in [1.165, 1.54) is 11.3 Å². The van der Waals surface area contributed by atoms with E-state index < -0.39 is 35.0 Å². The van der Waals surface area contributed by atoms with Gasteiger partial charge in [0, 0.05) is 20.9 Å². The fourth-order valence-electron chi connectivity index (χ4n) is 3.32. The number of hydrogen-bond acceptors (Lipinski definition) is 6. The molecular weight excluding hydrogens is 424 g/mol. The van der Waals surface area contributed by atoms with Gasteiger partial charge in [-0.2, -0.15) is 0 Å². The van der Waals surface area contributed by atoms with Crippen molar-refractivity contribution < 1.29 is 14.5 Å². The molecule has 32 heavy (non-hydrogen) atoms. The fourth-order valence-corrected chi connectivity index (χ4v) is 4.17. The second kappa shape index (κ2) is 10.3. The number of carbonyl (C=O) groups excluding carboxylic acids is 1. The van der Waals surface area contributed by atoms with Crippen molar-refractivity contribution in [2.45, 2.75) is 38.3 Å². The van der Waals surface area contributed by atoms with Crippen molar-refractivity contribution in [1.29, 1.82) is 0 Å². The molecule has 0 saturated heterocycles. The van der Waals surface area contributed by atoms with E-state index in [0.29, 0.717) is 5.71 Å². The third-order valence-corrected chi connectivity index (χ3v) is 5.65. The molecule has 2 atom stereocenters. The van der Waals surface area contributed by atoms with Gasteiger partial charge in [0.15, 0.2) is 6.04 Å². The van der Waals surface area contributed by atoms with Crippen molar-refractivity contribution in [3.05, 3.63) is 104 Å².